The van der Waals surface area contributed by atoms with Gasteiger partial charge in [0, 0.05) is 60.0 Å². The third kappa shape index (κ3) is 8.58. The summed E-state index contributed by atoms with van der Waals surface area (Å²) in [5, 5.41) is 6.52. The zero-order chi connectivity index (χ0) is 20.1. The first-order valence-corrected chi connectivity index (χ1v) is 9.71. The first-order chi connectivity index (χ1) is 13.0. The summed E-state index contributed by atoms with van der Waals surface area (Å²) < 4.78 is 19.4. The lowest BCUT2D eigenvalue weighted by Gasteiger charge is -2.22. The SMILES string of the molecule is CCN(CC)c1ccc(CNC(=NC)NCCN(C)CCCOC)cc1F. The van der Waals surface area contributed by atoms with Crippen molar-refractivity contribution in [2.24, 2.45) is 4.99 Å². The van der Waals surface area contributed by atoms with Crippen LogP contribution >= 0.6 is 0 Å². The van der Waals surface area contributed by atoms with Crippen molar-refractivity contribution >= 4 is 11.6 Å². The number of likely N-dealkylation sites (N-methyl/N-ethyl adjacent to an activating group) is 1. The summed E-state index contributed by atoms with van der Waals surface area (Å²) in [6, 6.07) is 5.41. The van der Waals surface area contributed by atoms with Crippen molar-refractivity contribution in [3.8, 4) is 0 Å². The van der Waals surface area contributed by atoms with Gasteiger partial charge in [-0.05, 0) is 45.0 Å². The van der Waals surface area contributed by atoms with Crippen LogP contribution < -0.4 is 15.5 Å². The van der Waals surface area contributed by atoms with Crippen molar-refractivity contribution < 1.29 is 9.13 Å². The number of benzene rings is 1. The number of methoxy groups -OCH3 is 1. The maximum absolute atomic E-state index is 14.4. The van der Waals surface area contributed by atoms with E-state index in [1.54, 1.807) is 20.2 Å². The number of nitrogens with zero attached hydrogens (tertiary/aromatic N) is 3. The molecule has 0 aliphatic carbocycles. The van der Waals surface area contributed by atoms with Crippen LogP contribution in [0.4, 0.5) is 10.1 Å². The van der Waals surface area contributed by atoms with E-state index in [9.17, 15) is 4.39 Å². The van der Waals surface area contributed by atoms with E-state index in [-0.39, 0.29) is 5.82 Å². The molecule has 6 nitrogen and oxygen atoms in total. The summed E-state index contributed by atoms with van der Waals surface area (Å²) in [6.07, 6.45) is 1.02. The molecule has 1 aromatic rings. The van der Waals surface area contributed by atoms with Gasteiger partial charge in [0.2, 0.25) is 0 Å². The summed E-state index contributed by atoms with van der Waals surface area (Å²) in [5.74, 6) is 0.534. The third-order valence-corrected chi connectivity index (χ3v) is 4.47. The molecule has 0 fully saturated rings. The molecule has 154 valence electrons. The largest absolute Gasteiger partial charge is 0.385 e. The van der Waals surface area contributed by atoms with E-state index in [2.05, 4.69) is 27.6 Å². The van der Waals surface area contributed by atoms with E-state index in [0.29, 0.717) is 18.2 Å². The second kappa shape index (κ2) is 13.3. The van der Waals surface area contributed by atoms with Crippen LogP contribution in [0.2, 0.25) is 0 Å². The number of halogens is 1. The predicted octanol–water partition coefficient (Wildman–Crippen LogP) is 2.31. The quantitative estimate of drug-likeness (QED) is 0.331. The average Bonchev–Trinajstić information content (AvgIpc) is 2.67. The van der Waals surface area contributed by atoms with E-state index < -0.39 is 0 Å². The Morgan fingerprint density at radius 3 is 2.52 bits per heavy atom. The van der Waals surface area contributed by atoms with Crippen LogP contribution in [0.25, 0.3) is 0 Å². The van der Waals surface area contributed by atoms with E-state index in [0.717, 1.165) is 51.3 Å². The Morgan fingerprint density at radius 1 is 1.19 bits per heavy atom. The fourth-order valence-corrected chi connectivity index (χ4v) is 2.84. The van der Waals surface area contributed by atoms with Crippen LogP contribution in [-0.2, 0) is 11.3 Å². The Hall–Kier alpha value is -1.86. The van der Waals surface area contributed by atoms with Gasteiger partial charge in [-0.3, -0.25) is 4.99 Å². The summed E-state index contributed by atoms with van der Waals surface area (Å²) in [4.78, 5) is 8.48. The third-order valence-electron chi connectivity index (χ3n) is 4.47. The minimum atomic E-state index is -0.182. The van der Waals surface area contributed by atoms with Gasteiger partial charge in [-0.15, -0.1) is 0 Å². The topological polar surface area (TPSA) is 52.1 Å². The lowest BCUT2D eigenvalue weighted by atomic mass is 10.2. The van der Waals surface area contributed by atoms with E-state index in [4.69, 9.17) is 4.74 Å². The van der Waals surface area contributed by atoms with Crippen LogP contribution in [-0.4, -0.2) is 71.4 Å². The minimum Gasteiger partial charge on any atom is -0.385 e. The van der Waals surface area contributed by atoms with Gasteiger partial charge in [0.25, 0.3) is 0 Å². The molecular weight excluding hydrogens is 345 g/mol. The number of guanidine groups is 1. The molecule has 1 aromatic carbocycles. The van der Waals surface area contributed by atoms with Crippen LogP contribution in [0.15, 0.2) is 23.2 Å². The second-order valence-corrected chi connectivity index (χ2v) is 6.46. The zero-order valence-electron chi connectivity index (χ0n) is 17.5. The normalized spacial score (nSPS) is 11.7. The van der Waals surface area contributed by atoms with Gasteiger partial charge in [-0.1, -0.05) is 6.07 Å². The second-order valence-electron chi connectivity index (χ2n) is 6.46. The van der Waals surface area contributed by atoms with Crippen molar-refractivity contribution in [3.05, 3.63) is 29.6 Å². The molecule has 0 unspecified atom stereocenters. The summed E-state index contributed by atoms with van der Waals surface area (Å²) in [5.41, 5.74) is 1.55. The Bertz CT molecular complexity index is 563. The van der Waals surface area contributed by atoms with Crippen LogP contribution in [0.3, 0.4) is 0 Å². The van der Waals surface area contributed by atoms with E-state index in [1.807, 2.05) is 30.9 Å². The lowest BCUT2D eigenvalue weighted by molar-refractivity contribution is 0.180. The van der Waals surface area contributed by atoms with Crippen molar-refractivity contribution in [2.45, 2.75) is 26.8 Å². The minimum absolute atomic E-state index is 0.182. The molecule has 27 heavy (non-hydrogen) atoms. The number of rotatable bonds is 12. The van der Waals surface area contributed by atoms with Gasteiger partial charge in [-0.2, -0.15) is 0 Å². The first-order valence-electron chi connectivity index (χ1n) is 9.71. The molecule has 0 saturated heterocycles. The van der Waals surface area contributed by atoms with Crippen molar-refractivity contribution in [1.82, 2.24) is 15.5 Å². The van der Waals surface area contributed by atoms with Crippen LogP contribution in [0, 0.1) is 5.82 Å². The molecule has 0 atom stereocenters. The maximum atomic E-state index is 14.4. The fourth-order valence-electron chi connectivity index (χ4n) is 2.84. The molecule has 7 heteroatoms. The highest BCUT2D eigenvalue weighted by molar-refractivity contribution is 5.79. The molecule has 0 aliphatic heterocycles. The number of hydrogen-bond acceptors (Lipinski definition) is 4. The summed E-state index contributed by atoms with van der Waals surface area (Å²) in [7, 11) is 5.55. The molecule has 0 saturated carbocycles. The van der Waals surface area contributed by atoms with E-state index >= 15 is 0 Å². The van der Waals surface area contributed by atoms with Gasteiger partial charge in [-0.25, -0.2) is 4.39 Å². The van der Waals surface area contributed by atoms with Gasteiger partial charge in [0.05, 0.1) is 5.69 Å². The first kappa shape index (κ1) is 23.2. The monoisotopic (exact) mass is 381 g/mol. The maximum Gasteiger partial charge on any atom is 0.191 e. The number of hydrogen-bond donors (Lipinski definition) is 2. The number of nitrogens with one attached hydrogen (secondary N) is 2. The van der Waals surface area contributed by atoms with Crippen molar-refractivity contribution in [3.63, 3.8) is 0 Å². The molecule has 0 bridgehead atoms. The average molecular weight is 382 g/mol. The fraction of sp³-hybridized carbons (Fsp3) is 0.650. The van der Waals surface area contributed by atoms with Gasteiger partial charge < -0.3 is 25.2 Å². The van der Waals surface area contributed by atoms with Crippen LogP contribution in [0.5, 0.6) is 0 Å². The zero-order valence-corrected chi connectivity index (χ0v) is 17.5. The highest BCUT2D eigenvalue weighted by Crippen LogP contribution is 2.20. The van der Waals surface area contributed by atoms with Crippen LogP contribution in [0.1, 0.15) is 25.8 Å². The number of aliphatic imine (C=N–C) groups is 1. The summed E-state index contributed by atoms with van der Waals surface area (Å²) in [6.45, 7) is 9.66. The van der Waals surface area contributed by atoms with Gasteiger partial charge in [0.15, 0.2) is 5.96 Å². The highest BCUT2D eigenvalue weighted by atomic mass is 19.1. The number of anilines is 1. The standard InChI is InChI=1S/C20H36FN5O/c1-6-26(7-2)19-10-9-17(15-18(19)21)16-24-20(22-3)23-11-13-25(4)12-8-14-27-5/h9-10,15H,6-8,11-14,16H2,1-5H3,(H2,22,23,24). The molecule has 0 heterocycles. The summed E-state index contributed by atoms with van der Waals surface area (Å²) >= 11 is 0. The van der Waals surface area contributed by atoms with Crippen molar-refractivity contribution in [2.75, 3.05) is 65.4 Å². The van der Waals surface area contributed by atoms with E-state index in [1.165, 1.54) is 0 Å². The smallest absolute Gasteiger partial charge is 0.191 e. The molecule has 0 spiro atoms. The Labute approximate surface area is 163 Å². The van der Waals surface area contributed by atoms with Gasteiger partial charge in [0.1, 0.15) is 5.82 Å². The van der Waals surface area contributed by atoms with Crippen molar-refractivity contribution in [1.29, 1.82) is 0 Å². The Balaban J connectivity index is 2.43. The molecule has 0 radical (unpaired) electrons. The molecule has 0 aliphatic rings. The predicted molar refractivity (Wildman–Crippen MR) is 112 cm³/mol. The molecule has 0 aromatic heterocycles. The molecule has 2 N–H and O–H groups in total. The Morgan fingerprint density at radius 2 is 1.93 bits per heavy atom. The highest BCUT2D eigenvalue weighted by Gasteiger charge is 2.09. The molecular formula is C20H36FN5O. The lowest BCUT2D eigenvalue weighted by Crippen LogP contribution is -2.40. The molecule has 1 rings (SSSR count). The van der Waals surface area contributed by atoms with Gasteiger partial charge >= 0.3 is 0 Å². The Kier molecular flexibility index (Phi) is 11.4. The molecule has 0 amide bonds. The number of ether oxygens (including phenoxy) is 1.